The molecule has 1 aliphatic rings. The molecule has 0 N–H and O–H groups in total. The maximum Gasteiger partial charge on any atom is 0.416 e. The minimum absolute atomic E-state index is 0.0774. The molecular formula is C19H15F3N4O2S. The third-order valence-corrected chi connectivity index (χ3v) is 6.56. The van der Waals surface area contributed by atoms with Crippen LogP contribution in [0.15, 0.2) is 47.4 Å². The zero-order chi connectivity index (χ0) is 21.2. The third kappa shape index (κ3) is 4.04. The van der Waals surface area contributed by atoms with Gasteiger partial charge < -0.3 is 4.90 Å². The Balaban J connectivity index is 1.79. The Labute approximate surface area is 166 Å². The van der Waals surface area contributed by atoms with Crippen molar-refractivity contribution in [2.75, 3.05) is 31.1 Å². The summed E-state index contributed by atoms with van der Waals surface area (Å²) < 4.78 is 64.8. The van der Waals surface area contributed by atoms with Crippen molar-refractivity contribution in [2.45, 2.75) is 11.1 Å². The van der Waals surface area contributed by atoms with Gasteiger partial charge in [-0.3, -0.25) is 0 Å². The highest BCUT2D eigenvalue weighted by atomic mass is 32.2. The second-order valence-corrected chi connectivity index (χ2v) is 8.28. The van der Waals surface area contributed by atoms with Gasteiger partial charge in [0.2, 0.25) is 10.0 Å². The smallest absolute Gasteiger partial charge is 0.367 e. The van der Waals surface area contributed by atoms with E-state index in [1.165, 1.54) is 4.31 Å². The summed E-state index contributed by atoms with van der Waals surface area (Å²) in [6, 6.07) is 12.2. The van der Waals surface area contributed by atoms with Gasteiger partial charge >= 0.3 is 6.18 Å². The average Bonchev–Trinajstić information content (AvgIpc) is 2.72. The predicted octanol–water partition coefficient (Wildman–Crippen LogP) is 2.96. The largest absolute Gasteiger partial charge is 0.416 e. The van der Waals surface area contributed by atoms with Crippen molar-refractivity contribution in [3.8, 4) is 12.1 Å². The first-order valence-electron chi connectivity index (χ1n) is 8.54. The van der Waals surface area contributed by atoms with E-state index in [0.717, 1.165) is 24.3 Å². The molecule has 6 nitrogen and oxygen atoms in total. The van der Waals surface area contributed by atoms with Crippen LogP contribution in [0.2, 0.25) is 0 Å². The third-order valence-electron chi connectivity index (χ3n) is 4.65. The number of anilines is 1. The van der Waals surface area contributed by atoms with E-state index >= 15 is 0 Å². The van der Waals surface area contributed by atoms with Crippen molar-refractivity contribution in [3.63, 3.8) is 0 Å². The summed E-state index contributed by atoms with van der Waals surface area (Å²) in [4.78, 5) is 1.56. The molecule has 3 rings (SSSR count). The van der Waals surface area contributed by atoms with E-state index in [0.29, 0.717) is 16.8 Å². The van der Waals surface area contributed by atoms with Crippen LogP contribution in [0.1, 0.15) is 16.7 Å². The molecule has 1 aliphatic heterocycles. The van der Waals surface area contributed by atoms with Gasteiger partial charge in [-0.05, 0) is 36.4 Å². The first-order valence-corrected chi connectivity index (χ1v) is 9.98. The van der Waals surface area contributed by atoms with Crippen LogP contribution >= 0.6 is 0 Å². The van der Waals surface area contributed by atoms with Crippen LogP contribution in [-0.2, 0) is 16.2 Å². The van der Waals surface area contributed by atoms with Crippen molar-refractivity contribution in [2.24, 2.45) is 0 Å². The molecule has 1 saturated heterocycles. The summed E-state index contributed by atoms with van der Waals surface area (Å²) >= 11 is 0. The normalized spacial score (nSPS) is 15.6. The second-order valence-electron chi connectivity index (χ2n) is 6.34. The number of hydrogen-bond donors (Lipinski definition) is 0. The summed E-state index contributed by atoms with van der Waals surface area (Å²) in [5.74, 6) is 0. The van der Waals surface area contributed by atoms with Gasteiger partial charge in [0, 0.05) is 26.2 Å². The number of nitriles is 2. The van der Waals surface area contributed by atoms with Gasteiger partial charge in [-0.25, -0.2) is 8.42 Å². The van der Waals surface area contributed by atoms with Crippen LogP contribution in [0.3, 0.4) is 0 Å². The molecule has 10 heteroatoms. The average molecular weight is 420 g/mol. The summed E-state index contributed by atoms with van der Waals surface area (Å²) in [6.45, 7) is 0.641. The highest BCUT2D eigenvalue weighted by Crippen LogP contribution is 2.31. The molecular weight excluding hydrogens is 405 g/mol. The summed E-state index contributed by atoms with van der Waals surface area (Å²) in [7, 11) is -3.95. The molecule has 2 aromatic rings. The van der Waals surface area contributed by atoms with Crippen molar-refractivity contribution >= 4 is 15.7 Å². The fourth-order valence-electron chi connectivity index (χ4n) is 3.18. The molecule has 0 saturated carbocycles. The molecule has 0 aliphatic carbocycles. The zero-order valence-corrected chi connectivity index (χ0v) is 15.8. The number of sulfonamides is 1. The number of piperazine rings is 1. The van der Waals surface area contributed by atoms with Gasteiger partial charge in [0.05, 0.1) is 27.3 Å². The van der Waals surface area contributed by atoms with E-state index in [-0.39, 0.29) is 31.1 Å². The van der Waals surface area contributed by atoms with E-state index in [1.54, 1.807) is 23.1 Å². The van der Waals surface area contributed by atoms with Crippen LogP contribution in [-0.4, -0.2) is 38.9 Å². The number of para-hydroxylation sites is 1. The quantitative estimate of drug-likeness (QED) is 0.762. The minimum Gasteiger partial charge on any atom is -0.367 e. The Morgan fingerprint density at radius 2 is 1.38 bits per heavy atom. The fraction of sp³-hybridized carbons (Fsp3) is 0.263. The Kier molecular flexibility index (Phi) is 5.51. The van der Waals surface area contributed by atoms with E-state index in [4.69, 9.17) is 0 Å². The molecule has 2 aromatic carbocycles. The Hall–Kier alpha value is -3.08. The standard InChI is InChI=1S/C19H15F3N4O2S/c20-19(21,22)16-4-6-17(7-5-16)29(27,28)26-10-8-25(9-11-26)18-14(12-23)2-1-3-15(18)13-24/h1-7H,8-11H2. The van der Waals surface area contributed by atoms with Gasteiger partial charge in [-0.1, -0.05) is 6.07 Å². The van der Waals surface area contributed by atoms with E-state index < -0.39 is 21.8 Å². The van der Waals surface area contributed by atoms with E-state index in [1.807, 2.05) is 12.1 Å². The minimum atomic E-state index is -4.54. The molecule has 0 atom stereocenters. The van der Waals surface area contributed by atoms with Gasteiger partial charge in [0.1, 0.15) is 12.1 Å². The van der Waals surface area contributed by atoms with Crippen molar-refractivity contribution in [1.29, 1.82) is 10.5 Å². The van der Waals surface area contributed by atoms with Gasteiger partial charge in [-0.2, -0.15) is 28.0 Å². The molecule has 0 amide bonds. The molecule has 29 heavy (non-hydrogen) atoms. The number of nitrogens with zero attached hydrogens (tertiary/aromatic N) is 4. The van der Waals surface area contributed by atoms with Crippen LogP contribution < -0.4 is 4.90 Å². The summed E-state index contributed by atoms with van der Waals surface area (Å²) in [5.41, 5.74) is 0.189. The van der Waals surface area contributed by atoms with Gasteiger partial charge in [0.25, 0.3) is 0 Å². The first kappa shape index (κ1) is 20.6. The Morgan fingerprint density at radius 3 is 1.83 bits per heavy atom. The second kappa shape index (κ2) is 7.74. The molecule has 0 bridgehead atoms. The Morgan fingerprint density at radius 1 is 0.862 bits per heavy atom. The van der Waals surface area contributed by atoms with Crippen LogP contribution in [0, 0.1) is 22.7 Å². The van der Waals surface area contributed by atoms with Crippen molar-refractivity contribution in [3.05, 3.63) is 59.2 Å². The lowest BCUT2D eigenvalue weighted by molar-refractivity contribution is -0.137. The van der Waals surface area contributed by atoms with Crippen LogP contribution in [0.5, 0.6) is 0 Å². The molecule has 0 radical (unpaired) electrons. The predicted molar refractivity (Wildman–Crippen MR) is 98.3 cm³/mol. The maximum atomic E-state index is 12.8. The summed E-state index contributed by atoms with van der Waals surface area (Å²) in [5, 5.41) is 18.6. The zero-order valence-electron chi connectivity index (χ0n) is 15.0. The summed E-state index contributed by atoms with van der Waals surface area (Å²) in [6.07, 6.45) is -4.54. The SMILES string of the molecule is N#Cc1cccc(C#N)c1N1CCN(S(=O)(=O)c2ccc(C(F)(F)F)cc2)CC1. The van der Waals surface area contributed by atoms with E-state index in [9.17, 15) is 32.1 Å². The number of benzene rings is 2. The monoisotopic (exact) mass is 420 g/mol. The lowest BCUT2D eigenvalue weighted by atomic mass is 10.1. The van der Waals surface area contributed by atoms with Crippen molar-refractivity contribution in [1.82, 2.24) is 4.31 Å². The number of halogens is 3. The maximum absolute atomic E-state index is 12.8. The lowest BCUT2D eigenvalue weighted by Crippen LogP contribution is -2.49. The highest BCUT2D eigenvalue weighted by molar-refractivity contribution is 7.89. The number of alkyl halides is 3. The molecule has 1 heterocycles. The molecule has 0 unspecified atom stereocenters. The molecule has 0 spiro atoms. The van der Waals surface area contributed by atoms with Crippen molar-refractivity contribution < 1.29 is 21.6 Å². The topological polar surface area (TPSA) is 88.2 Å². The lowest BCUT2D eigenvalue weighted by Gasteiger charge is -2.36. The van der Waals surface area contributed by atoms with E-state index in [2.05, 4.69) is 0 Å². The van der Waals surface area contributed by atoms with Crippen LogP contribution in [0.4, 0.5) is 18.9 Å². The van der Waals surface area contributed by atoms with Gasteiger partial charge in [0.15, 0.2) is 0 Å². The first-order chi connectivity index (χ1) is 13.7. The number of hydrogen-bond acceptors (Lipinski definition) is 5. The molecule has 150 valence electrons. The molecule has 0 aromatic heterocycles. The molecule has 1 fully saturated rings. The fourth-order valence-corrected chi connectivity index (χ4v) is 4.60. The highest BCUT2D eigenvalue weighted by Gasteiger charge is 2.33. The van der Waals surface area contributed by atoms with Crippen LogP contribution in [0.25, 0.3) is 0 Å². The number of rotatable bonds is 3. The Bertz CT molecular complexity index is 1060. The van der Waals surface area contributed by atoms with Gasteiger partial charge in [-0.15, -0.1) is 0 Å².